The number of piperidine rings is 1. The number of nitrogens with zero attached hydrogens (tertiary/aromatic N) is 2. The van der Waals surface area contributed by atoms with Gasteiger partial charge in [0.2, 0.25) is 10.0 Å². The Bertz CT molecular complexity index is 694. The Balaban J connectivity index is 1.89. The normalized spacial score (nSPS) is 18.3. The monoisotopic (exact) mass is 336 g/mol. The van der Waals surface area contributed by atoms with Crippen LogP contribution in [-0.2, 0) is 10.0 Å². The number of carbonyl (C=O) groups is 1. The standard InChI is InChI=1S/C15H20N4O3S/c1-23(21,22)17-10-13-3-2-8-19(11-13)15(20)18-14-6-4-12(9-16)5-7-14/h4-7,13,17H,2-3,8,10-11H2,1H3,(H,18,20)/t13-/m0/s1. The quantitative estimate of drug-likeness (QED) is 0.866. The minimum Gasteiger partial charge on any atom is -0.324 e. The van der Waals surface area contributed by atoms with Crippen LogP contribution in [0, 0.1) is 17.2 Å². The van der Waals surface area contributed by atoms with Crippen molar-refractivity contribution in [1.29, 1.82) is 5.26 Å². The molecule has 0 unspecified atom stereocenters. The molecule has 7 nitrogen and oxygen atoms in total. The minimum absolute atomic E-state index is 0.116. The van der Waals surface area contributed by atoms with Gasteiger partial charge >= 0.3 is 6.03 Å². The molecule has 0 aromatic heterocycles. The van der Waals surface area contributed by atoms with E-state index >= 15 is 0 Å². The maximum Gasteiger partial charge on any atom is 0.321 e. The summed E-state index contributed by atoms with van der Waals surface area (Å²) in [5, 5.41) is 11.6. The first kappa shape index (κ1) is 17.2. The number of urea groups is 1. The fourth-order valence-corrected chi connectivity index (χ4v) is 3.05. The van der Waals surface area contributed by atoms with Crippen LogP contribution in [0.15, 0.2) is 24.3 Å². The summed E-state index contributed by atoms with van der Waals surface area (Å²) in [4.78, 5) is 14.0. The summed E-state index contributed by atoms with van der Waals surface area (Å²) < 4.78 is 24.8. The number of hydrogen-bond acceptors (Lipinski definition) is 4. The Morgan fingerprint density at radius 1 is 1.39 bits per heavy atom. The van der Waals surface area contributed by atoms with Gasteiger partial charge in [0, 0.05) is 25.3 Å². The predicted octanol–water partition coefficient (Wildman–Crippen LogP) is 1.35. The first-order valence-electron chi connectivity index (χ1n) is 7.38. The van der Waals surface area contributed by atoms with Crippen LogP contribution in [0.5, 0.6) is 0 Å². The molecule has 0 radical (unpaired) electrons. The summed E-state index contributed by atoms with van der Waals surface area (Å²) in [5.74, 6) is 0.116. The molecule has 0 bridgehead atoms. The molecule has 124 valence electrons. The van der Waals surface area contributed by atoms with Gasteiger partial charge in [0.25, 0.3) is 0 Å². The number of likely N-dealkylation sites (tertiary alicyclic amines) is 1. The zero-order valence-corrected chi connectivity index (χ0v) is 13.8. The summed E-state index contributed by atoms with van der Waals surface area (Å²) in [6.07, 6.45) is 2.87. The van der Waals surface area contributed by atoms with Gasteiger partial charge in [-0.3, -0.25) is 0 Å². The largest absolute Gasteiger partial charge is 0.324 e. The lowest BCUT2D eigenvalue weighted by Gasteiger charge is -2.32. The Kier molecular flexibility index (Phi) is 5.58. The number of nitrogens with one attached hydrogen (secondary N) is 2. The van der Waals surface area contributed by atoms with Crippen molar-refractivity contribution in [3.8, 4) is 6.07 Å². The molecule has 1 heterocycles. The van der Waals surface area contributed by atoms with Gasteiger partial charge in [-0.2, -0.15) is 5.26 Å². The number of amides is 2. The molecule has 1 fully saturated rings. The van der Waals surface area contributed by atoms with Crippen LogP contribution >= 0.6 is 0 Å². The van der Waals surface area contributed by atoms with Gasteiger partial charge in [0.05, 0.1) is 17.9 Å². The van der Waals surface area contributed by atoms with Gasteiger partial charge in [0.15, 0.2) is 0 Å². The number of sulfonamides is 1. The summed E-state index contributed by atoms with van der Waals surface area (Å²) in [6.45, 7) is 1.52. The molecular weight excluding hydrogens is 316 g/mol. The first-order valence-corrected chi connectivity index (χ1v) is 9.27. The number of anilines is 1. The van der Waals surface area contributed by atoms with E-state index < -0.39 is 10.0 Å². The fourth-order valence-electron chi connectivity index (χ4n) is 2.52. The van der Waals surface area contributed by atoms with Gasteiger partial charge in [0.1, 0.15) is 0 Å². The van der Waals surface area contributed by atoms with E-state index in [9.17, 15) is 13.2 Å². The highest BCUT2D eigenvalue weighted by Gasteiger charge is 2.24. The van der Waals surface area contributed by atoms with Crippen molar-refractivity contribution in [3.05, 3.63) is 29.8 Å². The van der Waals surface area contributed by atoms with E-state index in [2.05, 4.69) is 10.0 Å². The molecule has 0 aliphatic carbocycles. The Morgan fingerprint density at radius 2 is 2.09 bits per heavy atom. The number of benzene rings is 1. The number of hydrogen-bond donors (Lipinski definition) is 2. The zero-order valence-electron chi connectivity index (χ0n) is 12.9. The number of nitriles is 1. The maximum atomic E-state index is 12.3. The molecule has 2 N–H and O–H groups in total. The van der Waals surface area contributed by atoms with Crippen LogP contribution in [0.3, 0.4) is 0 Å². The third kappa shape index (κ3) is 5.54. The van der Waals surface area contributed by atoms with E-state index in [-0.39, 0.29) is 11.9 Å². The fraction of sp³-hybridized carbons (Fsp3) is 0.467. The second kappa shape index (κ2) is 7.44. The van der Waals surface area contributed by atoms with Crippen molar-refractivity contribution in [2.24, 2.45) is 5.92 Å². The highest BCUT2D eigenvalue weighted by atomic mass is 32.2. The molecule has 1 aliphatic rings. The molecule has 1 atom stereocenters. The van der Waals surface area contributed by atoms with Crippen LogP contribution in [0.2, 0.25) is 0 Å². The van der Waals surface area contributed by atoms with Crippen LogP contribution in [0.1, 0.15) is 18.4 Å². The molecule has 2 amide bonds. The summed E-state index contributed by atoms with van der Waals surface area (Å²) in [6, 6.07) is 8.47. The predicted molar refractivity (Wildman–Crippen MR) is 87.3 cm³/mol. The average molecular weight is 336 g/mol. The van der Waals surface area contributed by atoms with Gasteiger partial charge in [-0.25, -0.2) is 17.9 Å². The van der Waals surface area contributed by atoms with E-state index in [1.54, 1.807) is 29.2 Å². The summed E-state index contributed by atoms with van der Waals surface area (Å²) >= 11 is 0. The number of carbonyl (C=O) groups excluding carboxylic acids is 1. The lowest BCUT2D eigenvalue weighted by Crippen LogP contribution is -2.45. The molecule has 1 aliphatic heterocycles. The van der Waals surface area contributed by atoms with Crippen molar-refractivity contribution in [2.75, 3.05) is 31.2 Å². The van der Waals surface area contributed by atoms with Gasteiger partial charge in [-0.05, 0) is 43.0 Å². The number of rotatable bonds is 4. The molecule has 1 aromatic carbocycles. The molecule has 23 heavy (non-hydrogen) atoms. The first-order chi connectivity index (χ1) is 10.9. The Labute approximate surface area is 136 Å². The molecule has 1 saturated heterocycles. The third-order valence-electron chi connectivity index (χ3n) is 3.71. The van der Waals surface area contributed by atoms with Gasteiger partial charge in [-0.15, -0.1) is 0 Å². The third-order valence-corrected chi connectivity index (χ3v) is 4.40. The zero-order chi connectivity index (χ0) is 16.9. The molecule has 0 spiro atoms. The molecule has 8 heteroatoms. The summed E-state index contributed by atoms with van der Waals surface area (Å²) in [7, 11) is -3.21. The topological polar surface area (TPSA) is 102 Å². The average Bonchev–Trinajstić information content (AvgIpc) is 2.53. The van der Waals surface area contributed by atoms with Crippen molar-refractivity contribution in [1.82, 2.24) is 9.62 Å². The highest BCUT2D eigenvalue weighted by molar-refractivity contribution is 7.88. The van der Waals surface area contributed by atoms with Crippen LogP contribution < -0.4 is 10.0 Å². The SMILES string of the molecule is CS(=O)(=O)NC[C@@H]1CCCN(C(=O)Nc2ccc(C#N)cc2)C1. The van der Waals surface area contributed by atoms with Crippen molar-refractivity contribution in [2.45, 2.75) is 12.8 Å². The van der Waals surface area contributed by atoms with E-state index in [1.807, 2.05) is 6.07 Å². The summed E-state index contributed by atoms with van der Waals surface area (Å²) in [5.41, 5.74) is 1.17. The van der Waals surface area contributed by atoms with Crippen molar-refractivity contribution in [3.63, 3.8) is 0 Å². The molecule has 1 aromatic rings. The maximum absolute atomic E-state index is 12.3. The van der Waals surface area contributed by atoms with E-state index in [0.717, 1.165) is 19.1 Å². The Hall–Kier alpha value is -2.11. The van der Waals surface area contributed by atoms with Crippen LogP contribution in [-0.4, -0.2) is 45.2 Å². The van der Waals surface area contributed by atoms with E-state index in [4.69, 9.17) is 5.26 Å². The molecular formula is C15H20N4O3S. The van der Waals surface area contributed by atoms with Gasteiger partial charge in [-0.1, -0.05) is 0 Å². The molecule has 0 saturated carbocycles. The molecule has 2 rings (SSSR count). The Morgan fingerprint density at radius 3 is 2.70 bits per heavy atom. The van der Waals surface area contributed by atoms with Crippen molar-refractivity contribution >= 4 is 21.7 Å². The van der Waals surface area contributed by atoms with E-state index in [1.165, 1.54) is 0 Å². The van der Waals surface area contributed by atoms with Gasteiger partial charge < -0.3 is 10.2 Å². The van der Waals surface area contributed by atoms with E-state index in [0.29, 0.717) is 30.9 Å². The lowest BCUT2D eigenvalue weighted by atomic mass is 9.99. The van der Waals surface area contributed by atoms with Crippen LogP contribution in [0.4, 0.5) is 10.5 Å². The minimum atomic E-state index is -3.21. The smallest absolute Gasteiger partial charge is 0.321 e. The second-order valence-electron chi connectivity index (χ2n) is 5.69. The van der Waals surface area contributed by atoms with Crippen LogP contribution in [0.25, 0.3) is 0 Å². The lowest BCUT2D eigenvalue weighted by molar-refractivity contribution is 0.178. The van der Waals surface area contributed by atoms with Crippen molar-refractivity contribution < 1.29 is 13.2 Å². The second-order valence-corrected chi connectivity index (χ2v) is 7.53. The highest BCUT2D eigenvalue weighted by Crippen LogP contribution is 2.17.